The molecule has 38 heavy (non-hydrogen) atoms. The van der Waals surface area contributed by atoms with Gasteiger partial charge in [0.25, 0.3) is 5.69 Å². The summed E-state index contributed by atoms with van der Waals surface area (Å²) in [6.07, 6.45) is 0. The molecule has 0 spiro atoms. The first-order valence-corrected chi connectivity index (χ1v) is 14.4. The Labute approximate surface area is 229 Å². The number of nitrogens with zero attached hydrogens (tertiary/aromatic N) is 1. The molecule has 0 aliphatic heterocycles. The molecule has 0 saturated carbocycles. The number of nitro groups is 1. The van der Waals surface area contributed by atoms with E-state index < -0.39 is 12.1 Å². The molecule has 0 saturated heterocycles. The molecule has 188 valence electrons. The molecule has 0 unspecified atom stereocenters. The molecule has 5 rings (SSSR count). The summed E-state index contributed by atoms with van der Waals surface area (Å²) in [5.74, 6) is 0.523. The van der Waals surface area contributed by atoms with Gasteiger partial charge in [-0.15, -0.1) is 0 Å². The Morgan fingerprint density at radius 3 is 1.89 bits per heavy atom. The molecule has 5 nitrogen and oxygen atoms in total. The molecule has 0 amide bonds. The standard InChI is InChI=1S/C31H23BrNO4P/c32-28-17-10-18-29(33(34)35)31(28)27-20-19-24(37-22-23-11-4-1-5-12-23)21-30(27)38(36,25-13-6-2-7-14-25)26-15-8-3-9-16-26/h1-21H,22H2. The molecule has 0 heterocycles. The molecule has 0 atom stereocenters. The number of benzene rings is 5. The van der Waals surface area contributed by atoms with Gasteiger partial charge in [-0.2, -0.15) is 0 Å². The molecular weight excluding hydrogens is 561 g/mol. The fourth-order valence-corrected chi connectivity index (χ4v) is 7.89. The fraction of sp³-hybridized carbons (Fsp3) is 0.0323. The Hall–Kier alpha value is -3.99. The number of hydrogen-bond acceptors (Lipinski definition) is 4. The van der Waals surface area contributed by atoms with E-state index in [9.17, 15) is 10.1 Å². The lowest BCUT2D eigenvalue weighted by Crippen LogP contribution is -2.26. The van der Waals surface area contributed by atoms with Gasteiger partial charge in [0.15, 0.2) is 7.14 Å². The van der Waals surface area contributed by atoms with E-state index in [0.29, 0.717) is 43.9 Å². The Morgan fingerprint density at radius 1 is 0.737 bits per heavy atom. The maximum absolute atomic E-state index is 15.4. The first-order chi connectivity index (χ1) is 18.5. The summed E-state index contributed by atoms with van der Waals surface area (Å²) in [4.78, 5) is 11.6. The van der Waals surface area contributed by atoms with Crippen molar-refractivity contribution in [3.8, 4) is 16.9 Å². The Bertz CT molecular complexity index is 1580. The number of ether oxygens (including phenoxy) is 1. The molecule has 0 aliphatic carbocycles. The summed E-state index contributed by atoms with van der Waals surface area (Å²) < 4.78 is 22.1. The van der Waals surface area contributed by atoms with Crippen molar-refractivity contribution in [2.75, 3.05) is 0 Å². The SMILES string of the molecule is O=[N+]([O-])c1cccc(Br)c1-c1ccc(OCc2ccccc2)cc1P(=O)(c1ccccc1)c1ccccc1. The van der Waals surface area contributed by atoms with E-state index in [1.165, 1.54) is 6.07 Å². The number of nitro benzene ring substituents is 1. The quantitative estimate of drug-likeness (QED) is 0.110. The van der Waals surface area contributed by atoms with Crippen LogP contribution >= 0.6 is 23.1 Å². The first kappa shape index (κ1) is 25.7. The summed E-state index contributed by atoms with van der Waals surface area (Å²) in [5.41, 5.74) is 1.79. The molecular formula is C31H23BrNO4P. The third kappa shape index (κ3) is 5.06. The maximum atomic E-state index is 15.4. The lowest BCUT2D eigenvalue weighted by atomic mass is 10.0. The highest BCUT2D eigenvalue weighted by Crippen LogP contribution is 2.48. The second-order valence-electron chi connectivity index (χ2n) is 8.62. The summed E-state index contributed by atoms with van der Waals surface area (Å²) in [5, 5.41) is 13.8. The summed E-state index contributed by atoms with van der Waals surface area (Å²) in [6, 6.07) is 38.4. The van der Waals surface area contributed by atoms with E-state index in [1.54, 1.807) is 30.3 Å². The molecule has 5 aromatic carbocycles. The molecule has 0 aromatic heterocycles. The van der Waals surface area contributed by atoms with Gasteiger partial charge in [0.2, 0.25) is 0 Å². The lowest BCUT2D eigenvalue weighted by Gasteiger charge is -2.24. The first-order valence-electron chi connectivity index (χ1n) is 11.9. The normalized spacial score (nSPS) is 11.2. The zero-order chi connectivity index (χ0) is 26.5. The minimum absolute atomic E-state index is 0.0775. The maximum Gasteiger partial charge on any atom is 0.278 e. The minimum atomic E-state index is -3.50. The van der Waals surface area contributed by atoms with Gasteiger partial charge in [-0.1, -0.05) is 97.1 Å². The summed E-state index contributed by atoms with van der Waals surface area (Å²) >= 11 is 3.52. The molecule has 0 N–H and O–H groups in total. The van der Waals surface area contributed by atoms with Gasteiger partial charge in [0.1, 0.15) is 12.4 Å². The van der Waals surface area contributed by atoms with E-state index in [1.807, 2.05) is 91.0 Å². The van der Waals surface area contributed by atoms with Crippen molar-refractivity contribution in [2.24, 2.45) is 0 Å². The van der Waals surface area contributed by atoms with Crippen LogP contribution in [0.5, 0.6) is 5.75 Å². The van der Waals surface area contributed by atoms with Crippen LogP contribution in [-0.2, 0) is 11.2 Å². The third-order valence-corrected chi connectivity index (χ3v) is 10.0. The van der Waals surface area contributed by atoms with Crippen molar-refractivity contribution in [3.63, 3.8) is 0 Å². The van der Waals surface area contributed by atoms with Crippen molar-refractivity contribution in [3.05, 3.63) is 148 Å². The molecule has 0 bridgehead atoms. The van der Waals surface area contributed by atoms with Crippen LogP contribution in [0.25, 0.3) is 11.1 Å². The predicted octanol–water partition coefficient (Wildman–Crippen LogP) is 7.24. The van der Waals surface area contributed by atoms with Crippen LogP contribution in [0.1, 0.15) is 5.56 Å². The van der Waals surface area contributed by atoms with Crippen LogP contribution in [0.3, 0.4) is 0 Å². The average Bonchev–Trinajstić information content (AvgIpc) is 2.97. The van der Waals surface area contributed by atoms with Gasteiger partial charge >= 0.3 is 0 Å². The minimum Gasteiger partial charge on any atom is -0.489 e. The Kier molecular flexibility index (Phi) is 7.54. The molecule has 0 fully saturated rings. The van der Waals surface area contributed by atoms with Crippen LogP contribution in [0, 0.1) is 10.1 Å². The summed E-state index contributed by atoms with van der Waals surface area (Å²) in [6.45, 7) is 0.329. The van der Waals surface area contributed by atoms with E-state index >= 15 is 4.57 Å². The average molecular weight is 584 g/mol. The van der Waals surface area contributed by atoms with Gasteiger partial charge in [0.05, 0.1) is 10.5 Å². The zero-order valence-corrected chi connectivity index (χ0v) is 22.7. The van der Waals surface area contributed by atoms with Gasteiger partial charge in [-0.3, -0.25) is 10.1 Å². The van der Waals surface area contributed by atoms with Crippen molar-refractivity contribution < 1.29 is 14.2 Å². The second-order valence-corrected chi connectivity index (χ2v) is 12.2. The van der Waals surface area contributed by atoms with Gasteiger partial charge < -0.3 is 9.30 Å². The molecule has 0 aliphatic rings. The number of hydrogen-bond donors (Lipinski definition) is 0. The van der Waals surface area contributed by atoms with Gasteiger partial charge in [0, 0.05) is 32.0 Å². The van der Waals surface area contributed by atoms with Gasteiger partial charge in [-0.05, 0) is 45.8 Å². The largest absolute Gasteiger partial charge is 0.489 e. The van der Waals surface area contributed by atoms with E-state index in [-0.39, 0.29) is 5.69 Å². The molecule has 0 radical (unpaired) electrons. The number of rotatable bonds is 8. The monoisotopic (exact) mass is 583 g/mol. The van der Waals surface area contributed by atoms with E-state index in [2.05, 4.69) is 15.9 Å². The lowest BCUT2D eigenvalue weighted by molar-refractivity contribution is -0.384. The highest BCUT2D eigenvalue weighted by Gasteiger charge is 2.34. The zero-order valence-electron chi connectivity index (χ0n) is 20.2. The highest BCUT2D eigenvalue weighted by molar-refractivity contribution is 9.10. The second kappa shape index (κ2) is 11.2. The Balaban J connectivity index is 1.78. The van der Waals surface area contributed by atoms with Crippen molar-refractivity contribution in [2.45, 2.75) is 6.61 Å². The van der Waals surface area contributed by atoms with Crippen molar-refractivity contribution in [1.29, 1.82) is 0 Å². The summed E-state index contributed by atoms with van der Waals surface area (Å²) in [7, 11) is -3.50. The van der Waals surface area contributed by atoms with Gasteiger partial charge in [-0.25, -0.2) is 0 Å². The van der Waals surface area contributed by atoms with Crippen molar-refractivity contribution >= 4 is 44.7 Å². The number of halogens is 1. The smallest absolute Gasteiger partial charge is 0.278 e. The predicted molar refractivity (Wildman–Crippen MR) is 156 cm³/mol. The molecule has 7 heteroatoms. The third-order valence-electron chi connectivity index (χ3n) is 6.25. The van der Waals surface area contributed by atoms with Crippen LogP contribution in [0.4, 0.5) is 5.69 Å². The van der Waals surface area contributed by atoms with Crippen LogP contribution < -0.4 is 20.7 Å². The van der Waals surface area contributed by atoms with E-state index in [0.717, 1.165) is 5.56 Å². The van der Waals surface area contributed by atoms with E-state index in [4.69, 9.17) is 4.74 Å². The fourth-order valence-electron chi connectivity index (χ4n) is 4.45. The molecule has 5 aromatic rings. The topological polar surface area (TPSA) is 69.4 Å². The van der Waals surface area contributed by atoms with Crippen molar-refractivity contribution in [1.82, 2.24) is 0 Å². The van der Waals surface area contributed by atoms with Crippen LogP contribution in [-0.4, -0.2) is 4.92 Å². The highest BCUT2D eigenvalue weighted by atomic mass is 79.9. The Morgan fingerprint density at radius 2 is 1.32 bits per heavy atom. The van der Waals surface area contributed by atoms with Crippen LogP contribution in [0.2, 0.25) is 0 Å². The van der Waals surface area contributed by atoms with Crippen LogP contribution in [0.15, 0.2) is 132 Å².